The number of anilines is 1. The first-order valence-electron chi connectivity index (χ1n) is 6.58. The molecule has 0 bridgehead atoms. The summed E-state index contributed by atoms with van der Waals surface area (Å²) in [4.78, 5) is 17.0. The van der Waals surface area contributed by atoms with Gasteiger partial charge >= 0.3 is 5.97 Å². The molecular weight excluding hydrogens is 272 g/mol. The van der Waals surface area contributed by atoms with Gasteiger partial charge in [-0.05, 0) is 12.0 Å². The average Bonchev–Trinajstić information content (AvgIpc) is 2.94. The quantitative estimate of drug-likeness (QED) is 0.887. The van der Waals surface area contributed by atoms with Crippen molar-refractivity contribution in [2.75, 3.05) is 18.5 Å². The molecule has 0 saturated heterocycles. The Hall–Kier alpha value is -1.88. The number of hydrogen-bond donors (Lipinski definition) is 1. The van der Waals surface area contributed by atoms with Crippen molar-refractivity contribution >= 4 is 22.4 Å². The molecular formula is C15H18N2O2S. The third-order valence-corrected chi connectivity index (χ3v) is 4.09. The maximum absolute atomic E-state index is 10.6. The Balaban J connectivity index is 2.09. The first-order valence-corrected chi connectivity index (χ1v) is 7.46. The van der Waals surface area contributed by atoms with E-state index in [2.05, 4.69) is 36.2 Å². The molecule has 1 aromatic heterocycles. The van der Waals surface area contributed by atoms with Crippen molar-refractivity contribution in [2.24, 2.45) is 0 Å². The zero-order valence-electron chi connectivity index (χ0n) is 11.7. The lowest BCUT2D eigenvalue weighted by molar-refractivity contribution is -0.136. The van der Waals surface area contributed by atoms with Gasteiger partial charge in [0.2, 0.25) is 0 Å². The number of thiazole rings is 1. The summed E-state index contributed by atoms with van der Waals surface area (Å²) in [5, 5.41) is 11.6. The molecule has 0 amide bonds. The number of carboxylic acid groups (broad SMARTS) is 1. The molecule has 4 nitrogen and oxygen atoms in total. The van der Waals surface area contributed by atoms with Crippen molar-refractivity contribution in [1.29, 1.82) is 0 Å². The van der Waals surface area contributed by atoms with E-state index in [1.165, 1.54) is 16.9 Å². The third-order valence-electron chi connectivity index (χ3n) is 3.14. The number of nitrogens with zero attached hydrogens (tertiary/aromatic N) is 2. The lowest BCUT2D eigenvalue weighted by Crippen LogP contribution is -2.20. The minimum absolute atomic E-state index is 0.122. The topological polar surface area (TPSA) is 53.4 Å². The molecule has 0 aliphatic carbocycles. The number of aromatic nitrogens is 1. The van der Waals surface area contributed by atoms with Gasteiger partial charge in [0, 0.05) is 24.5 Å². The van der Waals surface area contributed by atoms with E-state index >= 15 is 0 Å². The smallest absolute Gasteiger partial charge is 0.305 e. The van der Waals surface area contributed by atoms with Crippen LogP contribution in [-0.2, 0) is 11.2 Å². The summed E-state index contributed by atoms with van der Waals surface area (Å²) in [7, 11) is 1.87. The van der Waals surface area contributed by atoms with E-state index in [4.69, 9.17) is 5.11 Å². The van der Waals surface area contributed by atoms with Gasteiger partial charge in [0.1, 0.15) is 0 Å². The van der Waals surface area contributed by atoms with Crippen LogP contribution in [0.4, 0.5) is 5.13 Å². The minimum atomic E-state index is -0.788. The zero-order chi connectivity index (χ0) is 14.5. The van der Waals surface area contributed by atoms with Crippen LogP contribution in [-0.4, -0.2) is 29.7 Å². The molecule has 0 atom stereocenters. The summed E-state index contributed by atoms with van der Waals surface area (Å²) < 4.78 is 0. The molecule has 0 spiro atoms. The van der Waals surface area contributed by atoms with Gasteiger partial charge in [-0.2, -0.15) is 0 Å². The predicted octanol–water partition coefficient (Wildman–Crippen LogP) is 3.28. The summed E-state index contributed by atoms with van der Waals surface area (Å²) in [5.74, 6) is -0.788. The molecule has 2 aromatic rings. The van der Waals surface area contributed by atoms with E-state index in [0.717, 1.165) is 22.8 Å². The average molecular weight is 290 g/mol. The zero-order valence-corrected chi connectivity index (χ0v) is 12.5. The Morgan fingerprint density at radius 1 is 1.35 bits per heavy atom. The second-order valence-corrected chi connectivity index (χ2v) is 5.47. The van der Waals surface area contributed by atoms with E-state index in [1.807, 2.05) is 17.3 Å². The number of hydrogen-bond acceptors (Lipinski definition) is 4. The maximum atomic E-state index is 10.6. The lowest BCUT2D eigenvalue weighted by atomic mass is 10.1. The highest BCUT2D eigenvalue weighted by Gasteiger charge is 2.09. The first-order chi connectivity index (χ1) is 9.60. The third kappa shape index (κ3) is 3.57. The summed E-state index contributed by atoms with van der Waals surface area (Å²) in [6, 6.07) is 8.38. The molecule has 2 rings (SSSR count). The van der Waals surface area contributed by atoms with E-state index in [-0.39, 0.29) is 6.42 Å². The van der Waals surface area contributed by atoms with Crippen LogP contribution < -0.4 is 4.90 Å². The second-order valence-electron chi connectivity index (χ2n) is 4.63. The SMILES string of the molecule is CCc1ccc(-c2csc(N(C)CCC(=O)O)n2)cc1. The van der Waals surface area contributed by atoms with Crippen molar-refractivity contribution in [1.82, 2.24) is 4.98 Å². The Kier molecular flexibility index (Phi) is 4.74. The molecule has 0 fully saturated rings. The number of aryl methyl sites for hydroxylation is 1. The standard InChI is InChI=1S/C15H18N2O2S/c1-3-11-4-6-12(7-5-11)13-10-20-15(16-13)17(2)9-8-14(18)19/h4-7,10H,3,8-9H2,1-2H3,(H,18,19). The fraction of sp³-hybridized carbons (Fsp3) is 0.333. The Labute approximate surface area is 122 Å². The van der Waals surface area contributed by atoms with Crippen molar-refractivity contribution in [3.63, 3.8) is 0 Å². The fourth-order valence-electron chi connectivity index (χ4n) is 1.84. The lowest BCUT2D eigenvalue weighted by Gasteiger charge is -2.13. The summed E-state index contributed by atoms with van der Waals surface area (Å²) >= 11 is 1.54. The van der Waals surface area contributed by atoms with Crippen LogP contribution in [0.1, 0.15) is 18.9 Å². The largest absolute Gasteiger partial charge is 0.481 e. The number of aliphatic carboxylic acids is 1. The van der Waals surface area contributed by atoms with Crippen LogP contribution in [0.5, 0.6) is 0 Å². The molecule has 20 heavy (non-hydrogen) atoms. The second kappa shape index (κ2) is 6.52. The summed E-state index contributed by atoms with van der Waals surface area (Å²) in [6.45, 7) is 2.60. The molecule has 0 radical (unpaired) electrons. The van der Waals surface area contributed by atoms with E-state index < -0.39 is 5.97 Å². The van der Waals surface area contributed by atoms with Crippen LogP contribution in [0.3, 0.4) is 0 Å². The van der Waals surface area contributed by atoms with Crippen LogP contribution in [0, 0.1) is 0 Å². The maximum Gasteiger partial charge on any atom is 0.305 e. The van der Waals surface area contributed by atoms with Gasteiger partial charge in [0.15, 0.2) is 5.13 Å². The van der Waals surface area contributed by atoms with Crippen molar-refractivity contribution in [3.8, 4) is 11.3 Å². The van der Waals surface area contributed by atoms with Gasteiger partial charge in [-0.1, -0.05) is 31.2 Å². The molecule has 0 aliphatic rings. The monoisotopic (exact) mass is 290 g/mol. The molecule has 0 aliphatic heterocycles. The Morgan fingerprint density at radius 3 is 2.65 bits per heavy atom. The highest BCUT2D eigenvalue weighted by Crippen LogP contribution is 2.27. The Morgan fingerprint density at radius 2 is 2.05 bits per heavy atom. The van der Waals surface area contributed by atoms with Crippen LogP contribution >= 0.6 is 11.3 Å². The molecule has 106 valence electrons. The summed E-state index contributed by atoms with van der Waals surface area (Å²) in [5.41, 5.74) is 3.34. The predicted molar refractivity (Wildman–Crippen MR) is 82.5 cm³/mol. The van der Waals surface area contributed by atoms with Gasteiger partial charge in [-0.3, -0.25) is 4.79 Å². The van der Waals surface area contributed by atoms with Gasteiger partial charge in [0.25, 0.3) is 0 Å². The minimum Gasteiger partial charge on any atom is -0.481 e. The number of rotatable bonds is 6. The Bertz CT molecular complexity index is 578. The van der Waals surface area contributed by atoms with Crippen LogP contribution in [0.25, 0.3) is 11.3 Å². The van der Waals surface area contributed by atoms with Gasteiger partial charge in [-0.25, -0.2) is 4.98 Å². The van der Waals surface area contributed by atoms with Gasteiger partial charge in [-0.15, -0.1) is 11.3 Å². The van der Waals surface area contributed by atoms with Crippen LogP contribution in [0.15, 0.2) is 29.6 Å². The number of benzene rings is 1. The molecule has 1 N–H and O–H groups in total. The summed E-state index contributed by atoms with van der Waals surface area (Å²) in [6.07, 6.45) is 1.15. The van der Waals surface area contributed by atoms with E-state index in [1.54, 1.807) is 0 Å². The van der Waals surface area contributed by atoms with Gasteiger partial charge < -0.3 is 10.0 Å². The van der Waals surface area contributed by atoms with Crippen LogP contribution in [0.2, 0.25) is 0 Å². The highest BCUT2D eigenvalue weighted by molar-refractivity contribution is 7.14. The number of carbonyl (C=O) groups is 1. The first kappa shape index (κ1) is 14.5. The molecule has 0 saturated carbocycles. The fourth-order valence-corrected chi connectivity index (χ4v) is 2.67. The molecule has 5 heteroatoms. The molecule has 1 heterocycles. The number of carboxylic acids is 1. The van der Waals surface area contributed by atoms with Gasteiger partial charge in [0.05, 0.1) is 12.1 Å². The van der Waals surface area contributed by atoms with Crippen molar-refractivity contribution in [2.45, 2.75) is 19.8 Å². The van der Waals surface area contributed by atoms with E-state index in [0.29, 0.717) is 6.54 Å². The molecule has 1 aromatic carbocycles. The van der Waals surface area contributed by atoms with E-state index in [9.17, 15) is 4.79 Å². The highest BCUT2D eigenvalue weighted by atomic mass is 32.1. The van der Waals surface area contributed by atoms with Crippen molar-refractivity contribution in [3.05, 3.63) is 35.2 Å². The van der Waals surface area contributed by atoms with Crippen molar-refractivity contribution < 1.29 is 9.90 Å². The molecule has 0 unspecified atom stereocenters. The normalized spacial score (nSPS) is 10.5.